The van der Waals surface area contributed by atoms with Gasteiger partial charge in [0.2, 0.25) is 0 Å². The summed E-state index contributed by atoms with van der Waals surface area (Å²) in [5.74, 6) is -0.917. The summed E-state index contributed by atoms with van der Waals surface area (Å²) in [6.07, 6.45) is 1.24. The predicted molar refractivity (Wildman–Crippen MR) is 128 cm³/mol. The first kappa shape index (κ1) is 23.4. The second-order valence-electron chi connectivity index (χ2n) is 8.48. The molecule has 2 heterocycles. The van der Waals surface area contributed by atoms with E-state index in [2.05, 4.69) is 5.32 Å². The van der Waals surface area contributed by atoms with Crippen LogP contribution in [0.25, 0.3) is 0 Å². The van der Waals surface area contributed by atoms with Gasteiger partial charge >= 0.3 is 17.8 Å². The molecule has 2 aromatic rings. The first-order chi connectivity index (χ1) is 15.8. The van der Waals surface area contributed by atoms with Crippen molar-refractivity contribution in [2.75, 3.05) is 31.5 Å². The smallest absolute Gasteiger partial charge is 0.321 e. The molecule has 2 aliphatic rings. The van der Waals surface area contributed by atoms with E-state index in [1.807, 2.05) is 31.2 Å². The van der Waals surface area contributed by atoms with Gasteiger partial charge in [-0.15, -0.1) is 0 Å². The number of urea groups is 1. The number of piperidine rings is 1. The maximum Gasteiger partial charge on any atom is 0.321 e. The number of anilines is 1. The standard InChI is InChI=1S/C24H26Cl2N4O3/c1-16-2-4-17(5-3-16)15-29-12-13-30(23(32)22(29)31)19-8-10-28(11-9-19)24(33)27-21-14-18(25)6-7-20(21)26/h2-7,14,19H,8-13,15H2,1H3,(H,27,33). The number of carbonyl (C=O) groups is 3. The number of halogens is 2. The third kappa shape index (κ3) is 5.42. The molecule has 9 heteroatoms. The molecule has 0 aliphatic carbocycles. The van der Waals surface area contributed by atoms with E-state index < -0.39 is 11.8 Å². The van der Waals surface area contributed by atoms with Gasteiger partial charge in [-0.05, 0) is 43.5 Å². The van der Waals surface area contributed by atoms with Crippen molar-refractivity contribution in [3.05, 3.63) is 63.6 Å². The molecule has 174 valence electrons. The number of hydrogen-bond donors (Lipinski definition) is 1. The molecule has 4 amide bonds. The number of hydrogen-bond acceptors (Lipinski definition) is 3. The molecular weight excluding hydrogens is 463 g/mol. The summed E-state index contributed by atoms with van der Waals surface area (Å²) < 4.78 is 0. The monoisotopic (exact) mass is 488 g/mol. The van der Waals surface area contributed by atoms with Crippen LogP contribution in [0.5, 0.6) is 0 Å². The lowest BCUT2D eigenvalue weighted by molar-refractivity contribution is -0.158. The Hall–Kier alpha value is -2.77. The normalized spacial score (nSPS) is 17.5. The molecule has 4 rings (SSSR count). The van der Waals surface area contributed by atoms with E-state index in [9.17, 15) is 14.4 Å². The van der Waals surface area contributed by atoms with E-state index in [-0.39, 0.29) is 12.1 Å². The van der Waals surface area contributed by atoms with Gasteiger partial charge in [-0.25, -0.2) is 4.79 Å². The summed E-state index contributed by atoms with van der Waals surface area (Å²) in [6, 6.07) is 12.5. The Balaban J connectivity index is 1.30. The highest BCUT2D eigenvalue weighted by atomic mass is 35.5. The summed E-state index contributed by atoms with van der Waals surface area (Å²) in [6.45, 7) is 4.43. The zero-order valence-electron chi connectivity index (χ0n) is 18.4. The van der Waals surface area contributed by atoms with E-state index in [0.29, 0.717) is 61.3 Å². The van der Waals surface area contributed by atoms with Crippen LogP contribution in [-0.4, -0.2) is 64.8 Å². The number of amides is 4. The van der Waals surface area contributed by atoms with Crippen molar-refractivity contribution in [2.45, 2.75) is 32.4 Å². The Morgan fingerprint density at radius 1 is 0.970 bits per heavy atom. The first-order valence-corrected chi connectivity index (χ1v) is 11.7. The molecule has 2 saturated heterocycles. The second-order valence-corrected chi connectivity index (χ2v) is 9.33. The molecule has 33 heavy (non-hydrogen) atoms. The van der Waals surface area contributed by atoms with Gasteiger partial charge in [0.1, 0.15) is 0 Å². The minimum absolute atomic E-state index is 0.0539. The molecule has 0 atom stereocenters. The van der Waals surface area contributed by atoms with Crippen LogP contribution in [0.2, 0.25) is 10.0 Å². The van der Waals surface area contributed by atoms with Crippen LogP contribution in [0.15, 0.2) is 42.5 Å². The quantitative estimate of drug-likeness (QED) is 0.656. The van der Waals surface area contributed by atoms with Crippen molar-refractivity contribution in [3.8, 4) is 0 Å². The predicted octanol–water partition coefficient (Wildman–Crippen LogP) is 4.17. The number of carbonyl (C=O) groups excluding carboxylic acids is 3. The highest BCUT2D eigenvalue weighted by molar-refractivity contribution is 6.36. The molecule has 0 unspecified atom stereocenters. The molecule has 1 N–H and O–H groups in total. The van der Waals surface area contributed by atoms with Crippen LogP contribution in [0.4, 0.5) is 10.5 Å². The van der Waals surface area contributed by atoms with Gasteiger partial charge in [-0.3, -0.25) is 9.59 Å². The Morgan fingerprint density at radius 2 is 1.67 bits per heavy atom. The van der Waals surface area contributed by atoms with Crippen molar-refractivity contribution in [1.82, 2.24) is 14.7 Å². The highest BCUT2D eigenvalue weighted by Gasteiger charge is 2.38. The van der Waals surface area contributed by atoms with Crippen LogP contribution >= 0.6 is 23.2 Å². The van der Waals surface area contributed by atoms with E-state index in [4.69, 9.17) is 23.2 Å². The fourth-order valence-corrected chi connectivity index (χ4v) is 4.61. The Morgan fingerprint density at radius 3 is 2.36 bits per heavy atom. The first-order valence-electron chi connectivity index (χ1n) is 11.0. The van der Waals surface area contributed by atoms with E-state index in [0.717, 1.165) is 11.1 Å². The molecule has 0 spiro atoms. The maximum atomic E-state index is 12.8. The molecule has 7 nitrogen and oxygen atoms in total. The number of likely N-dealkylation sites (tertiary alicyclic amines) is 1. The number of nitrogens with one attached hydrogen (secondary N) is 1. The fraction of sp³-hybridized carbons (Fsp3) is 0.375. The SMILES string of the molecule is Cc1ccc(CN2CCN(C3CCN(C(=O)Nc4cc(Cl)ccc4Cl)CC3)C(=O)C2=O)cc1. The van der Waals surface area contributed by atoms with Gasteiger partial charge in [0, 0.05) is 43.8 Å². The summed E-state index contributed by atoms with van der Waals surface area (Å²) in [5, 5.41) is 3.69. The number of rotatable bonds is 4. The van der Waals surface area contributed by atoms with Crippen LogP contribution in [0.1, 0.15) is 24.0 Å². The third-order valence-electron chi connectivity index (χ3n) is 6.20. The lowest BCUT2D eigenvalue weighted by atomic mass is 10.0. The fourth-order valence-electron chi connectivity index (χ4n) is 4.27. The minimum Gasteiger partial charge on any atom is -0.330 e. The minimum atomic E-state index is -0.461. The molecule has 2 aromatic carbocycles. The zero-order valence-corrected chi connectivity index (χ0v) is 19.9. The summed E-state index contributed by atoms with van der Waals surface area (Å²) >= 11 is 12.1. The average Bonchev–Trinajstić information content (AvgIpc) is 2.81. The van der Waals surface area contributed by atoms with Gasteiger partial charge in [0.05, 0.1) is 10.7 Å². The van der Waals surface area contributed by atoms with Gasteiger partial charge < -0.3 is 20.0 Å². The largest absolute Gasteiger partial charge is 0.330 e. The maximum absolute atomic E-state index is 12.8. The molecule has 0 bridgehead atoms. The highest BCUT2D eigenvalue weighted by Crippen LogP contribution is 2.27. The molecular formula is C24H26Cl2N4O3. The van der Waals surface area contributed by atoms with Crippen LogP contribution in [-0.2, 0) is 16.1 Å². The van der Waals surface area contributed by atoms with Crippen LogP contribution < -0.4 is 5.32 Å². The lowest BCUT2D eigenvalue weighted by Crippen LogP contribution is -2.59. The second kappa shape index (κ2) is 10.0. The Kier molecular flexibility index (Phi) is 7.10. The van der Waals surface area contributed by atoms with Gasteiger partial charge in [0.15, 0.2) is 0 Å². The molecule has 2 fully saturated rings. The van der Waals surface area contributed by atoms with Gasteiger partial charge in [-0.1, -0.05) is 53.0 Å². The topological polar surface area (TPSA) is 73.0 Å². The molecule has 0 aromatic heterocycles. The molecule has 0 saturated carbocycles. The van der Waals surface area contributed by atoms with Gasteiger partial charge in [0.25, 0.3) is 0 Å². The summed E-state index contributed by atoms with van der Waals surface area (Å²) in [4.78, 5) is 43.2. The Labute approximate surface area is 203 Å². The van der Waals surface area contributed by atoms with Crippen LogP contribution in [0, 0.1) is 6.92 Å². The average molecular weight is 489 g/mol. The summed E-state index contributed by atoms with van der Waals surface area (Å²) in [5.41, 5.74) is 2.62. The van der Waals surface area contributed by atoms with Gasteiger partial charge in [-0.2, -0.15) is 0 Å². The van der Waals surface area contributed by atoms with E-state index in [1.165, 1.54) is 0 Å². The number of nitrogens with zero attached hydrogens (tertiary/aromatic N) is 3. The number of piperazine rings is 1. The van der Waals surface area contributed by atoms with E-state index >= 15 is 0 Å². The van der Waals surface area contributed by atoms with E-state index in [1.54, 1.807) is 32.9 Å². The number of aryl methyl sites for hydroxylation is 1. The van der Waals surface area contributed by atoms with Crippen molar-refractivity contribution in [2.24, 2.45) is 0 Å². The molecule has 2 aliphatic heterocycles. The lowest BCUT2D eigenvalue weighted by Gasteiger charge is -2.42. The molecule has 0 radical (unpaired) electrons. The van der Waals surface area contributed by atoms with Crippen molar-refractivity contribution < 1.29 is 14.4 Å². The van der Waals surface area contributed by atoms with Crippen molar-refractivity contribution in [1.29, 1.82) is 0 Å². The van der Waals surface area contributed by atoms with Crippen molar-refractivity contribution >= 4 is 46.7 Å². The van der Waals surface area contributed by atoms with Crippen molar-refractivity contribution in [3.63, 3.8) is 0 Å². The zero-order chi connectivity index (χ0) is 23.5. The summed E-state index contributed by atoms with van der Waals surface area (Å²) in [7, 11) is 0. The van der Waals surface area contributed by atoms with Crippen LogP contribution in [0.3, 0.4) is 0 Å². The number of benzene rings is 2. The third-order valence-corrected chi connectivity index (χ3v) is 6.76. The Bertz CT molecular complexity index is 1050.